The van der Waals surface area contributed by atoms with Gasteiger partial charge in [-0.25, -0.2) is 0 Å². The molecular formula is C8H14OPtSi. The van der Waals surface area contributed by atoms with E-state index >= 15 is 0 Å². The van der Waals surface area contributed by atoms with Crippen molar-refractivity contribution in [1.29, 1.82) is 0 Å². The van der Waals surface area contributed by atoms with Crippen molar-refractivity contribution in [2.24, 2.45) is 0 Å². The predicted octanol–water partition coefficient (Wildman–Crippen LogP) is 2.14. The van der Waals surface area contributed by atoms with Crippen LogP contribution in [-0.2, 0) is 25.5 Å². The largest absolute Gasteiger partial charge is 0.406 e. The van der Waals surface area contributed by atoms with Crippen LogP contribution < -0.4 is 0 Å². The van der Waals surface area contributed by atoms with Gasteiger partial charge in [0.2, 0.25) is 0 Å². The number of hydrogen-bond acceptors (Lipinski definition) is 1. The molecule has 3 heteroatoms. The summed E-state index contributed by atoms with van der Waals surface area (Å²) in [6, 6.07) is 0. The molecule has 0 saturated carbocycles. The Morgan fingerprint density at radius 2 is 1.55 bits per heavy atom. The molecule has 0 rings (SSSR count). The van der Waals surface area contributed by atoms with E-state index in [4.69, 9.17) is 4.43 Å². The summed E-state index contributed by atoms with van der Waals surface area (Å²) < 4.78 is 5.46. The van der Waals surface area contributed by atoms with Crippen LogP contribution in [0.25, 0.3) is 0 Å². The van der Waals surface area contributed by atoms with E-state index in [9.17, 15) is 0 Å². The van der Waals surface area contributed by atoms with Crippen LogP contribution in [0.5, 0.6) is 0 Å². The van der Waals surface area contributed by atoms with E-state index in [-0.39, 0.29) is 21.1 Å². The summed E-state index contributed by atoms with van der Waals surface area (Å²) in [6.45, 7) is 13.7. The average molecular weight is 349 g/mol. The first-order chi connectivity index (χ1) is 4.74. The molecule has 0 radical (unpaired) electrons. The van der Waals surface area contributed by atoms with Crippen LogP contribution in [0, 0.1) is 0 Å². The van der Waals surface area contributed by atoms with Crippen LogP contribution in [0.15, 0.2) is 36.8 Å². The Morgan fingerprint density at radius 1 is 1.18 bits per heavy atom. The Kier molecular flexibility index (Phi) is 8.41. The van der Waals surface area contributed by atoms with Gasteiger partial charge < -0.3 is 4.43 Å². The van der Waals surface area contributed by atoms with Crippen molar-refractivity contribution in [1.82, 2.24) is 0 Å². The molecule has 0 aromatic carbocycles. The van der Waals surface area contributed by atoms with E-state index in [0.29, 0.717) is 6.61 Å². The van der Waals surface area contributed by atoms with Gasteiger partial charge in [-0.05, 0) is 6.92 Å². The Balaban J connectivity index is 0. The molecule has 0 fully saturated rings. The van der Waals surface area contributed by atoms with E-state index in [1.54, 1.807) is 0 Å². The molecular weight excluding hydrogens is 335 g/mol. The van der Waals surface area contributed by atoms with Gasteiger partial charge in [0.1, 0.15) is 0 Å². The molecule has 11 heavy (non-hydrogen) atoms. The third-order valence-electron chi connectivity index (χ3n) is 1.35. The number of rotatable bonds is 5. The van der Waals surface area contributed by atoms with Gasteiger partial charge in [0.15, 0.2) is 0 Å². The predicted molar refractivity (Wildman–Crippen MR) is 48.0 cm³/mol. The van der Waals surface area contributed by atoms with Crippen molar-refractivity contribution in [2.45, 2.75) is 6.92 Å². The summed E-state index contributed by atoms with van der Waals surface area (Å²) in [5.41, 5.74) is 5.45. The zero-order valence-corrected chi connectivity index (χ0v) is 10.1. The molecule has 0 aromatic rings. The fourth-order valence-electron chi connectivity index (χ4n) is 0.677. The summed E-state index contributed by atoms with van der Waals surface area (Å²) in [6.07, 6.45) is 0. The van der Waals surface area contributed by atoms with Gasteiger partial charge in [0.05, 0.1) is 0 Å². The number of hydrogen-bond donors (Lipinski definition) is 0. The van der Waals surface area contributed by atoms with Crippen molar-refractivity contribution in [3.63, 3.8) is 0 Å². The zero-order chi connectivity index (χ0) is 8.04. The fourth-order valence-corrected chi connectivity index (χ4v) is 2.03. The van der Waals surface area contributed by atoms with Crippen molar-refractivity contribution in [3.05, 3.63) is 36.8 Å². The van der Waals surface area contributed by atoms with Gasteiger partial charge in [-0.1, -0.05) is 17.1 Å². The van der Waals surface area contributed by atoms with Crippen LogP contribution >= 0.6 is 0 Å². The molecule has 0 aliphatic heterocycles. The monoisotopic (exact) mass is 349 g/mol. The molecule has 0 unspecified atom stereocenters. The molecule has 0 heterocycles. The average Bonchev–Trinajstić information content (AvgIpc) is 2.01. The van der Waals surface area contributed by atoms with E-state index < -0.39 is 8.32 Å². The first kappa shape index (κ1) is 13.7. The smallest absolute Gasteiger partial charge is 0.264 e. The minimum Gasteiger partial charge on any atom is -0.406 e. The van der Waals surface area contributed by atoms with Gasteiger partial charge in [-0.2, -0.15) is 0 Å². The summed E-state index contributed by atoms with van der Waals surface area (Å²) in [7, 11) is -1.93. The van der Waals surface area contributed by atoms with Gasteiger partial charge in [-0.3, -0.25) is 0 Å². The maximum absolute atomic E-state index is 5.46. The molecule has 0 amide bonds. The van der Waals surface area contributed by atoms with E-state index in [1.165, 1.54) is 0 Å². The van der Waals surface area contributed by atoms with Crippen molar-refractivity contribution < 1.29 is 25.5 Å². The normalized spacial score (nSPS) is 9.55. The van der Waals surface area contributed by atoms with Crippen LogP contribution in [0.1, 0.15) is 6.92 Å². The SMILES string of the molecule is C=C[Si](C=C)(C=C)OCC.[Pt]. The third-order valence-corrected chi connectivity index (χ3v) is 4.05. The molecule has 0 aliphatic carbocycles. The summed E-state index contributed by atoms with van der Waals surface area (Å²) in [4.78, 5) is 0. The summed E-state index contributed by atoms with van der Waals surface area (Å²) >= 11 is 0. The molecule has 66 valence electrons. The molecule has 1 nitrogen and oxygen atoms in total. The second-order valence-corrected chi connectivity index (χ2v) is 5.12. The van der Waals surface area contributed by atoms with Crippen LogP contribution in [0.2, 0.25) is 0 Å². The Morgan fingerprint density at radius 3 is 1.64 bits per heavy atom. The second-order valence-electron chi connectivity index (χ2n) is 1.90. The standard InChI is InChI=1S/C8H14OSi.Pt/c1-5-9-10(6-2,7-3)8-4;/h6-8H,2-5H2,1H3;. The van der Waals surface area contributed by atoms with Crippen LogP contribution in [0.3, 0.4) is 0 Å². The van der Waals surface area contributed by atoms with Gasteiger partial charge in [-0.15, -0.1) is 19.7 Å². The minimum absolute atomic E-state index is 0. The molecule has 0 atom stereocenters. The molecule has 0 spiro atoms. The van der Waals surface area contributed by atoms with E-state index in [0.717, 1.165) is 0 Å². The second kappa shape index (κ2) is 6.77. The van der Waals surface area contributed by atoms with Crippen molar-refractivity contribution in [2.75, 3.05) is 6.61 Å². The molecule has 0 aliphatic rings. The van der Waals surface area contributed by atoms with Gasteiger partial charge in [0.25, 0.3) is 8.32 Å². The van der Waals surface area contributed by atoms with Gasteiger partial charge >= 0.3 is 0 Å². The maximum atomic E-state index is 5.46. The quantitative estimate of drug-likeness (QED) is 0.691. The van der Waals surface area contributed by atoms with E-state index in [2.05, 4.69) is 19.7 Å². The fraction of sp³-hybridized carbons (Fsp3) is 0.250. The third kappa shape index (κ3) is 3.85. The first-order valence-corrected chi connectivity index (χ1v) is 5.43. The van der Waals surface area contributed by atoms with Crippen LogP contribution in [-0.4, -0.2) is 14.9 Å². The van der Waals surface area contributed by atoms with Crippen LogP contribution in [0.4, 0.5) is 0 Å². The Labute approximate surface area is 84.2 Å². The van der Waals surface area contributed by atoms with Gasteiger partial charge in [0, 0.05) is 27.7 Å². The molecule has 0 saturated heterocycles. The molecule has 0 N–H and O–H groups in total. The molecule has 0 bridgehead atoms. The molecule has 0 aromatic heterocycles. The Bertz CT molecular complexity index is 123. The van der Waals surface area contributed by atoms with Crippen molar-refractivity contribution >= 4 is 8.32 Å². The topological polar surface area (TPSA) is 9.23 Å². The van der Waals surface area contributed by atoms with Crippen molar-refractivity contribution in [3.8, 4) is 0 Å². The minimum atomic E-state index is -1.93. The first-order valence-electron chi connectivity index (χ1n) is 3.29. The van der Waals surface area contributed by atoms with E-state index in [1.807, 2.05) is 24.0 Å². The summed E-state index contributed by atoms with van der Waals surface area (Å²) in [5.74, 6) is 0. The zero-order valence-electron chi connectivity index (χ0n) is 6.78. The Hall–Kier alpha value is 0.0852. The maximum Gasteiger partial charge on any atom is 0.264 e. The summed E-state index contributed by atoms with van der Waals surface area (Å²) in [5, 5.41) is 0.